The Labute approximate surface area is 114 Å². The van der Waals surface area contributed by atoms with Crippen LogP contribution >= 0.6 is 0 Å². The van der Waals surface area contributed by atoms with Gasteiger partial charge in [0.2, 0.25) is 0 Å². The number of carbonyl (C=O) groups excluding carboxylic acids is 1. The number of benzene rings is 1. The Kier molecular flexibility index (Phi) is 3.89. The molecule has 0 aromatic heterocycles. The molecular formula is C13H15F3N2O2. The van der Waals surface area contributed by atoms with Crippen molar-refractivity contribution in [3.05, 3.63) is 29.3 Å². The molecule has 110 valence electrons. The fraction of sp³-hybridized carbons (Fsp3) is 0.462. The normalized spacial score (nSPS) is 17.3. The minimum atomic E-state index is -4.59. The van der Waals surface area contributed by atoms with Crippen LogP contribution < -0.4 is 0 Å². The van der Waals surface area contributed by atoms with Gasteiger partial charge in [0.1, 0.15) is 5.75 Å². The minimum Gasteiger partial charge on any atom is -0.508 e. The standard InChI is InChI=1S/C13H15F3N2O2/c1-17-2-4-18(5-3-17)12(20)9-6-10(13(14,15)16)8-11(19)7-9/h6-8,19H,2-5H2,1H3. The van der Waals surface area contributed by atoms with Gasteiger partial charge in [-0.3, -0.25) is 4.79 Å². The first-order valence-electron chi connectivity index (χ1n) is 6.16. The maximum absolute atomic E-state index is 12.7. The summed E-state index contributed by atoms with van der Waals surface area (Å²) < 4.78 is 38.0. The van der Waals surface area contributed by atoms with E-state index in [0.29, 0.717) is 32.2 Å². The number of phenolic OH excluding ortho intramolecular Hbond substituents is 1. The second kappa shape index (κ2) is 5.32. The Hall–Kier alpha value is -1.76. The molecule has 0 radical (unpaired) electrons. The van der Waals surface area contributed by atoms with Gasteiger partial charge in [0, 0.05) is 31.7 Å². The van der Waals surface area contributed by atoms with Crippen LogP contribution in [0.3, 0.4) is 0 Å². The van der Waals surface area contributed by atoms with E-state index in [1.54, 1.807) is 0 Å². The van der Waals surface area contributed by atoms with Crippen LogP contribution in [-0.4, -0.2) is 54.0 Å². The Balaban J connectivity index is 2.24. The fourth-order valence-electron chi connectivity index (χ4n) is 2.09. The average molecular weight is 288 g/mol. The lowest BCUT2D eigenvalue weighted by Crippen LogP contribution is -2.47. The van der Waals surface area contributed by atoms with Gasteiger partial charge in [-0.25, -0.2) is 0 Å². The third kappa shape index (κ3) is 3.22. The van der Waals surface area contributed by atoms with Gasteiger partial charge < -0.3 is 14.9 Å². The fourth-order valence-corrected chi connectivity index (χ4v) is 2.09. The summed E-state index contributed by atoms with van der Waals surface area (Å²) in [6.45, 7) is 2.28. The maximum atomic E-state index is 12.7. The number of phenols is 1. The van der Waals surface area contributed by atoms with Gasteiger partial charge in [-0.2, -0.15) is 13.2 Å². The Morgan fingerprint density at radius 3 is 2.30 bits per heavy atom. The molecule has 1 aliphatic heterocycles. The number of hydrogen-bond acceptors (Lipinski definition) is 3. The van der Waals surface area contributed by atoms with Crippen LogP contribution in [0.25, 0.3) is 0 Å². The molecule has 1 aromatic carbocycles. The highest BCUT2D eigenvalue weighted by Gasteiger charge is 2.32. The highest BCUT2D eigenvalue weighted by atomic mass is 19.4. The lowest BCUT2D eigenvalue weighted by Gasteiger charge is -2.32. The molecule has 4 nitrogen and oxygen atoms in total. The Morgan fingerprint density at radius 1 is 1.15 bits per heavy atom. The predicted molar refractivity (Wildman–Crippen MR) is 66.5 cm³/mol. The van der Waals surface area contributed by atoms with Gasteiger partial charge in [0.15, 0.2) is 0 Å². The monoisotopic (exact) mass is 288 g/mol. The summed E-state index contributed by atoms with van der Waals surface area (Å²) in [7, 11) is 1.91. The second-order valence-corrected chi connectivity index (χ2v) is 4.86. The summed E-state index contributed by atoms with van der Waals surface area (Å²) in [5, 5.41) is 9.37. The number of piperazine rings is 1. The van der Waals surface area contributed by atoms with Crippen molar-refractivity contribution in [3.8, 4) is 5.75 Å². The number of hydrogen-bond donors (Lipinski definition) is 1. The molecule has 0 spiro atoms. The van der Waals surface area contributed by atoms with Crippen LogP contribution in [0.15, 0.2) is 18.2 Å². The van der Waals surface area contributed by atoms with E-state index in [9.17, 15) is 23.1 Å². The third-order valence-electron chi connectivity index (χ3n) is 3.28. The molecule has 0 aliphatic carbocycles. The van der Waals surface area contributed by atoms with Gasteiger partial charge in [-0.1, -0.05) is 0 Å². The van der Waals surface area contributed by atoms with Crippen molar-refractivity contribution in [2.45, 2.75) is 6.18 Å². The van der Waals surface area contributed by atoms with E-state index >= 15 is 0 Å². The van der Waals surface area contributed by atoms with E-state index in [2.05, 4.69) is 0 Å². The minimum absolute atomic E-state index is 0.137. The number of amides is 1. The molecular weight excluding hydrogens is 273 g/mol. The summed E-state index contributed by atoms with van der Waals surface area (Å²) in [5.74, 6) is -1.04. The SMILES string of the molecule is CN1CCN(C(=O)c2cc(O)cc(C(F)(F)F)c2)CC1. The van der Waals surface area contributed by atoms with Crippen molar-refractivity contribution in [3.63, 3.8) is 0 Å². The van der Waals surface area contributed by atoms with E-state index < -0.39 is 23.4 Å². The van der Waals surface area contributed by atoms with Crippen molar-refractivity contribution in [2.24, 2.45) is 0 Å². The van der Waals surface area contributed by atoms with Crippen LogP contribution in [0.4, 0.5) is 13.2 Å². The topological polar surface area (TPSA) is 43.8 Å². The van der Waals surface area contributed by atoms with E-state index in [4.69, 9.17) is 0 Å². The van der Waals surface area contributed by atoms with Crippen LogP contribution in [0, 0.1) is 0 Å². The number of halogens is 3. The third-order valence-corrected chi connectivity index (χ3v) is 3.28. The van der Waals surface area contributed by atoms with E-state index in [1.807, 2.05) is 11.9 Å². The van der Waals surface area contributed by atoms with Crippen LogP contribution in [0.5, 0.6) is 5.75 Å². The van der Waals surface area contributed by atoms with Crippen molar-refractivity contribution in [1.82, 2.24) is 9.80 Å². The lowest BCUT2D eigenvalue weighted by atomic mass is 10.1. The molecule has 1 saturated heterocycles. The van der Waals surface area contributed by atoms with Crippen molar-refractivity contribution < 1.29 is 23.1 Å². The molecule has 0 bridgehead atoms. The van der Waals surface area contributed by atoms with Crippen molar-refractivity contribution >= 4 is 5.91 Å². The molecule has 1 N–H and O–H groups in total. The summed E-state index contributed by atoms with van der Waals surface area (Å²) >= 11 is 0. The van der Waals surface area contributed by atoms with Gasteiger partial charge in [-0.05, 0) is 25.2 Å². The first-order valence-corrected chi connectivity index (χ1v) is 6.16. The zero-order valence-electron chi connectivity index (χ0n) is 10.9. The smallest absolute Gasteiger partial charge is 0.416 e. The number of aromatic hydroxyl groups is 1. The molecule has 7 heteroatoms. The average Bonchev–Trinajstić information content (AvgIpc) is 2.37. The van der Waals surface area contributed by atoms with Crippen molar-refractivity contribution in [2.75, 3.05) is 33.2 Å². The molecule has 0 unspecified atom stereocenters. The molecule has 2 rings (SSSR count). The summed E-state index contributed by atoms with van der Waals surface area (Å²) in [6, 6.07) is 2.46. The summed E-state index contributed by atoms with van der Waals surface area (Å²) in [5.41, 5.74) is -1.16. The largest absolute Gasteiger partial charge is 0.508 e. The Morgan fingerprint density at radius 2 is 1.75 bits per heavy atom. The first-order chi connectivity index (χ1) is 9.27. The number of carbonyl (C=O) groups is 1. The molecule has 1 aliphatic rings. The van der Waals surface area contributed by atoms with Crippen LogP contribution in [-0.2, 0) is 6.18 Å². The Bertz CT molecular complexity index is 509. The van der Waals surface area contributed by atoms with Gasteiger partial charge in [0.05, 0.1) is 5.56 Å². The highest BCUT2D eigenvalue weighted by molar-refractivity contribution is 5.95. The number of nitrogens with zero attached hydrogens (tertiary/aromatic N) is 2. The maximum Gasteiger partial charge on any atom is 0.416 e. The molecule has 1 aromatic rings. The van der Waals surface area contributed by atoms with Gasteiger partial charge in [-0.15, -0.1) is 0 Å². The van der Waals surface area contributed by atoms with Crippen LogP contribution in [0.1, 0.15) is 15.9 Å². The molecule has 0 atom stereocenters. The molecule has 1 fully saturated rings. The molecule has 1 amide bonds. The lowest BCUT2D eigenvalue weighted by molar-refractivity contribution is -0.137. The zero-order valence-corrected chi connectivity index (χ0v) is 10.9. The van der Waals surface area contributed by atoms with Gasteiger partial charge in [0.25, 0.3) is 5.91 Å². The van der Waals surface area contributed by atoms with Gasteiger partial charge >= 0.3 is 6.18 Å². The molecule has 1 heterocycles. The second-order valence-electron chi connectivity index (χ2n) is 4.86. The number of likely N-dealkylation sites (N-methyl/N-ethyl adjacent to an activating group) is 1. The summed E-state index contributed by atoms with van der Waals surface area (Å²) in [6.07, 6.45) is -4.59. The highest BCUT2D eigenvalue weighted by Crippen LogP contribution is 2.32. The first kappa shape index (κ1) is 14.6. The van der Waals surface area contributed by atoms with E-state index in [0.717, 1.165) is 12.1 Å². The van der Waals surface area contributed by atoms with Crippen molar-refractivity contribution in [1.29, 1.82) is 0 Å². The zero-order chi connectivity index (χ0) is 14.9. The number of rotatable bonds is 1. The number of alkyl halides is 3. The summed E-state index contributed by atoms with van der Waals surface area (Å²) in [4.78, 5) is 15.7. The quantitative estimate of drug-likeness (QED) is 0.857. The van der Waals surface area contributed by atoms with E-state index in [1.165, 1.54) is 4.90 Å². The van der Waals surface area contributed by atoms with Crippen LogP contribution in [0.2, 0.25) is 0 Å². The molecule has 0 saturated carbocycles. The molecule has 20 heavy (non-hydrogen) atoms. The predicted octanol–water partition coefficient (Wildman–Crippen LogP) is 1.80. The van der Waals surface area contributed by atoms with E-state index in [-0.39, 0.29) is 5.56 Å².